The molecular weight excluding hydrogens is 268 g/mol. The molecule has 5 N–H and O–H groups in total. The molecule has 1 aromatic carbocycles. The van der Waals surface area contributed by atoms with Crippen molar-refractivity contribution in [3.8, 4) is 0 Å². The van der Waals surface area contributed by atoms with E-state index in [1.165, 1.54) is 24.3 Å². The zero-order valence-corrected chi connectivity index (χ0v) is 10.5. The topological polar surface area (TPSA) is 127 Å². The molecule has 20 heavy (non-hydrogen) atoms. The number of carbonyl (C=O) groups is 1. The monoisotopic (exact) mass is 284 g/mol. The van der Waals surface area contributed by atoms with Crippen molar-refractivity contribution in [1.29, 1.82) is 0 Å². The van der Waals surface area contributed by atoms with Gasteiger partial charge in [0.15, 0.2) is 0 Å². The third-order valence-electron chi connectivity index (χ3n) is 3.52. The van der Waals surface area contributed by atoms with Crippen LogP contribution in [0.25, 0.3) is 0 Å². The molecule has 1 fully saturated rings. The lowest BCUT2D eigenvalue weighted by molar-refractivity contribution is -0.245. The number of aromatic carboxylic acids is 1. The molecule has 1 saturated heterocycles. The van der Waals surface area contributed by atoms with Crippen LogP contribution < -0.4 is 0 Å². The Hall–Kier alpha value is -1.51. The van der Waals surface area contributed by atoms with Crippen LogP contribution in [0.4, 0.5) is 0 Å². The van der Waals surface area contributed by atoms with Crippen molar-refractivity contribution in [1.82, 2.24) is 0 Å². The van der Waals surface area contributed by atoms with Gasteiger partial charge in [-0.2, -0.15) is 0 Å². The number of rotatable bonds is 3. The fraction of sp³-hybridized carbons (Fsp3) is 0.462. The molecule has 0 aliphatic carbocycles. The predicted octanol–water partition coefficient (Wildman–Crippen LogP) is -1.31. The van der Waals surface area contributed by atoms with Gasteiger partial charge in [-0.05, 0) is 17.7 Å². The smallest absolute Gasteiger partial charge is 0.335 e. The molecule has 4 atom stereocenters. The average Bonchev–Trinajstić information content (AvgIpc) is 2.45. The molecule has 1 aliphatic heterocycles. The number of aliphatic hydroxyl groups is 4. The van der Waals surface area contributed by atoms with Crippen molar-refractivity contribution in [2.24, 2.45) is 0 Å². The van der Waals surface area contributed by atoms with E-state index >= 15 is 0 Å². The summed E-state index contributed by atoms with van der Waals surface area (Å²) in [6.07, 6.45) is -3.97. The second-order valence-corrected chi connectivity index (χ2v) is 4.77. The lowest BCUT2D eigenvalue weighted by Crippen LogP contribution is -2.60. The molecule has 7 heteroatoms. The van der Waals surface area contributed by atoms with Crippen molar-refractivity contribution in [2.45, 2.75) is 23.9 Å². The minimum Gasteiger partial charge on any atom is -0.478 e. The summed E-state index contributed by atoms with van der Waals surface area (Å²) in [7, 11) is 0. The highest BCUT2D eigenvalue weighted by Gasteiger charge is 2.49. The SMILES string of the molecule is O=C(O)c1ccc([C@@]2(O)CO[C@H](CO)[C@@H](O)[C@@H]2O)cc1. The minimum atomic E-state index is -1.86. The summed E-state index contributed by atoms with van der Waals surface area (Å²) in [5.41, 5.74) is -1.59. The van der Waals surface area contributed by atoms with Crippen LogP contribution in [-0.4, -0.2) is 63.0 Å². The Morgan fingerprint density at radius 2 is 1.90 bits per heavy atom. The molecule has 0 saturated carbocycles. The van der Waals surface area contributed by atoms with E-state index in [-0.39, 0.29) is 17.7 Å². The standard InChI is InChI=1S/C13H16O7/c14-5-9-10(15)11(16)13(19,6-20-9)8-3-1-7(2-4-8)12(17)18/h1-4,9-11,14-16,19H,5-6H2,(H,17,18)/t9-,10-,11+,13+/m1/s1. The molecular formula is C13H16O7. The summed E-state index contributed by atoms with van der Waals surface area (Å²) in [6.45, 7) is -0.796. The third-order valence-corrected chi connectivity index (χ3v) is 3.52. The predicted molar refractivity (Wildman–Crippen MR) is 66.1 cm³/mol. The van der Waals surface area contributed by atoms with Crippen molar-refractivity contribution < 1.29 is 35.1 Å². The van der Waals surface area contributed by atoms with E-state index in [1.807, 2.05) is 0 Å². The number of benzene rings is 1. The summed E-state index contributed by atoms with van der Waals surface area (Å²) in [5.74, 6) is -1.11. The summed E-state index contributed by atoms with van der Waals surface area (Å²) < 4.78 is 5.13. The first-order chi connectivity index (χ1) is 9.40. The van der Waals surface area contributed by atoms with E-state index < -0.39 is 36.5 Å². The van der Waals surface area contributed by atoms with Gasteiger partial charge in [-0.1, -0.05) is 12.1 Å². The van der Waals surface area contributed by atoms with Gasteiger partial charge in [0, 0.05) is 0 Å². The number of aliphatic hydroxyl groups excluding tert-OH is 3. The van der Waals surface area contributed by atoms with E-state index in [9.17, 15) is 20.1 Å². The summed E-state index contributed by atoms with van der Waals surface area (Å²) in [6, 6.07) is 5.27. The fourth-order valence-corrected chi connectivity index (χ4v) is 2.22. The zero-order chi connectivity index (χ0) is 14.9. The Morgan fingerprint density at radius 3 is 2.40 bits per heavy atom. The normalized spacial score (nSPS) is 33.9. The van der Waals surface area contributed by atoms with E-state index in [1.54, 1.807) is 0 Å². The molecule has 0 radical (unpaired) electrons. The third kappa shape index (κ3) is 2.41. The van der Waals surface area contributed by atoms with E-state index in [2.05, 4.69) is 0 Å². The number of hydrogen-bond acceptors (Lipinski definition) is 6. The Morgan fingerprint density at radius 1 is 1.30 bits per heavy atom. The molecule has 0 bridgehead atoms. The van der Waals surface area contributed by atoms with Crippen LogP contribution in [-0.2, 0) is 10.3 Å². The van der Waals surface area contributed by atoms with Crippen molar-refractivity contribution in [2.75, 3.05) is 13.2 Å². The van der Waals surface area contributed by atoms with Crippen LogP contribution in [0.2, 0.25) is 0 Å². The maximum Gasteiger partial charge on any atom is 0.335 e. The van der Waals surface area contributed by atoms with Crippen LogP contribution in [0, 0.1) is 0 Å². The lowest BCUT2D eigenvalue weighted by Gasteiger charge is -2.43. The maximum atomic E-state index is 10.8. The number of ether oxygens (including phenoxy) is 1. The largest absolute Gasteiger partial charge is 0.478 e. The van der Waals surface area contributed by atoms with Gasteiger partial charge in [0.1, 0.15) is 23.9 Å². The van der Waals surface area contributed by atoms with Gasteiger partial charge in [-0.15, -0.1) is 0 Å². The highest BCUT2D eigenvalue weighted by Crippen LogP contribution is 2.33. The molecule has 0 amide bonds. The van der Waals surface area contributed by atoms with Gasteiger partial charge in [0.2, 0.25) is 0 Å². The molecule has 1 aliphatic rings. The lowest BCUT2D eigenvalue weighted by atomic mass is 9.82. The van der Waals surface area contributed by atoms with Gasteiger partial charge in [-0.25, -0.2) is 4.79 Å². The highest BCUT2D eigenvalue weighted by molar-refractivity contribution is 5.87. The molecule has 0 spiro atoms. The first-order valence-corrected chi connectivity index (χ1v) is 6.05. The molecule has 2 rings (SSSR count). The average molecular weight is 284 g/mol. The maximum absolute atomic E-state index is 10.8. The minimum absolute atomic E-state index is 0.0392. The Balaban J connectivity index is 2.28. The van der Waals surface area contributed by atoms with E-state index in [0.717, 1.165) is 0 Å². The second kappa shape index (κ2) is 5.47. The first kappa shape index (κ1) is 14.9. The first-order valence-electron chi connectivity index (χ1n) is 6.05. The molecule has 7 nitrogen and oxygen atoms in total. The van der Waals surface area contributed by atoms with Gasteiger partial charge < -0.3 is 30.3 Å². The van der Waals surface area contributed by atoms with Gasteiger partial charge in [-0.3, -0.25) is 0 Å². The van der Waals surface area contributed by atoms with Gasteiger partial charge in [0.05, 0.1) is 18.8 Å². The van der Waals surface area contributed by atoms with Crippen LogP contribution in [0.1, 0.15) is 15.9 Å². The Labute approximate surface area is 114 Å². The highest BCUT2D eigenvalue weighted by atomic mass is 16.5. The second-order valence-electron chi connectivity index (χ2n) is 4.77. The van der Waals surface area contributed by atoms with Crippen molar-refractivity contribution >= 4 is 5.97 Å². The van der Waals surface area contributed by atoms with Crippen LogP contribution in [0.5, 0.6) is 0 Å². The summed E-state index contributed by atoms with van der Waals surface area (Å²) in [4.78, 5) is 10.8. The fourth-order valence-electron chi connectivity index (χ4n) is 2.22. The zero-order valence-electron chi connectivity index (χ0n) is 10.5. The Bertz CT molecular complexity index is 486. The van der Waals surface area contributed by atoms with E-state index in [4.69, 9.17) is 14.9 Å². The summed E-state index contributed by atoms with van der Waals surface area (Å²) in [5, 5.41) is 48.1. The van der Waals surface area contributed by atoms with Crippen LogP contribution >= 0.6 is 0 Å². The number of hydrogen-bond donors (Lipinski definition) is 5. The summed E-state index contributed by atoms with van der Waals surface area (Å²) >= 11 is 0. The van der Waals surface area contributed by atoms with Crippen LogP contribution in [0.15, 0.2) is 24.3 Å². The Kier molecular flexibility index (Phi) is 4.07. The number of carboxylic acids is 1. The van der Waals surface area contributed by atoms with Gasteiger partial charge in [0.25, 0.3) is 0 Å². The van der Waals surface area contributed by atoms with Crippen molar-refractivity contribution in [3.05, 3.63) is 35.4 Å². The molecule has 0 aromatic heterocycles. The molecule has 0 unspecified atom stereocenters. The van der Waals surface area contributed by atoms with E-state index in [0.29, 0.717) is 0 Å². The quantitative estimate of drug-likeness (QED) is 0.466. The van der Waals surface area contributed by atoms with Crippen LogP contribution in [0.3, 0.4) is 0 Å². The van der Waals surface area contributed by atoms with Gasteiger partial charge >= 0.3 is 5.97 Å². The van der Waals surface area contributed by atoms with Crippen molar-refractivity contribution in [3.63, 3.8) is 0 Å². The molecule has 1 heterocycles. The number of carboxylic acid groups (broad SMARTS) is 1. The molecule has 1 aromatic rings. The molecule has 110 valence electrons.